The third kappa shape index (κ3) is 4.31. The van der Waals surface area contributed by atoms with E-state index in [2.05, 4.69) is 42.6 Å². The van der Waals surface area contributed by atoms with E-state index in [-0.39, 0.29) is 16.1 Å². The van der Waals surface area contributed by atoms with Gasteiger partial charge in [-0.1, -0.05) is 0 Å². The summed E-state index contributed by atoms with van der Waals surface area (Å²) in [5.74, 6) is 1.20. The fourth-order valence-electron chi connectivity index (χ4n) is 3.18. The van der Waals surface area contributed by atoms with Gasteiger partial charge in [-0.2, -0.15) is 11.8 Å². The van der Waals surface area contributed by atoms with Crippen LogP contribution in [-0.2, 0) is 4.79 Å². The highest BCUT2D eigenvalue weighted by molar-refractivity contribution is 7.99. The van der Waals surface area contributed by atoms with Crippen molar-refractivity contribution in [1.29, 1.82) is 0 Å². The normalized spacial score (nSPS) is 26.5. The van der Waals surface area contributed by atoms with Gasteiger partial charge in [-0.05, 0) is 39.9 Å². The quantitative estimate of drug-likeness (QED) is 0.610. The van der Waals surface area contributed by atoms with Crippen molar-refractivity contribution in [2.24, 2.45) is 10.4 Å². The minimum atomic E-state index is 0.112. The summed E-state index contributed by atoms with van der Waals surface area (Å²) in [5, 5.41) is 6.44. The van der Waals surface area contributed by atoms with Crippen LogP contribution in [-0.4, -0.2) is 60.5 Å². The number of carbonyl (C=O) groups excluding carboxylic acids is 1. The number of aliphatic imine (C=N–C) groups is 1. The number of hydrogen-bond donors (Lipinski definition) is 2. The first-order valence-electron chi connectivity index (χ1n) is 8.25. The number of thioether (sulfide) groups is 1. The van der Waals surface area contributed by atoms with Crippen molar-refractivity contribution in [2.45, 2.75) is 44.8 Å². The fourth-order valence-corrected chi connectivity index (χ4v) is 3.38. The van der Waals surface area contributed by atoms with Crippen molar-refractivity contribution in [1.82, 2.24) is 15.5 Å². The Balaban J connectivity index is 2.07. The number of likely N-dealkylation sites (tertiary alicyclic amines) is 1. The summed E-state index contributed by atoms with van der Waals surface area (Å²) in [4.78, 5) is 18.8. The summed E-state index contributed by atoms with van der Waals surface area (Å²) in [5.41, 5.74) is 0.112. The number of nitrogens with zero attached hydrogens (tertiary/aromatic N) is 2. The molecule has 0 aromatic heterocycles. The Morgan fingerprint density at radius 1 is 1.55 bits per heavy atom. The molecule has 0 aromatic carbocycles. The Hall–Kier alpha value is -0.910. The van der Waals surface area contributed by atoms with Crippen molar-refractivity contribution in [3.8, 4) is 0 Å². The van der Waals surface area contributed by atoms with Crippen LogP contribution < -0.4 is 10.6 Å². The summed E-state index contributed by atoms with van der Waals surface area (Å²) in [7, 11) is 0. The molecule has 0 aromatic rings. The van der Waals surface area contributed by atoms with Crippen LogP contribution in [0.1, 0.15) is 40.0 Å². The predicted octanol–water partition coefficient (Wildman–Crippen LogP) is 1.70. The van der Waals surface area contributed by atoms with Gasteiger partial charge in [0.1, 0.15) is 0 Å². The van der Waals surface area contributed by atoms with Gasteiger partial charge < -0.3 is 15.5 Å². The first-order valence-corrected chi connectivity index (χ1v) is 9.47. The van der Waals surface area contributed by atoms with Gasteiger partial charge in [-0.15, -0.1) is 0 Å². The first kappa shape index (κ1) is 17.4. The molecule has 2 saturated heterocycles. The molecular formula is C16H30N4OS. The fraction of sp³-hybridized carbons (Fsp3) is 0.875. The van der Waals surface area contributed by atoms with E-state index in [1.165, 1.54) is 0 Å². The molecule has 22 heavy (non-hydrogen) atoms. The molecule has 5 nitrogen and oxygen atoms in total. The Morgan fingerprint density at radius 3 is 2.91 bits per heavy atom. The van der Waals surface area contributed by atoms with E-state index in [4.69, 9.17) is 4.99 Å². The SMILES string of the molecule is CCNC(=NCC(C)(C)SC)N1CCCC2(CNC(=O)C2)C1. The number of piperidine rings is 1. The molecule has 1 unspecified atom stereocenters. The lowest BCUT2D eigenvalue weighted by atomic mass is 9.79. The highest BCUT2D eigenvalue weighted by Gasteiger charge is 2.42. The molecule has 6 heteroatoms. The molecule has 0 bridgehead atoms. The van der Waals surface area contributed by atoms with Gasteiger partial charge in [0.05, 0.1) is 6.54 Å². The van der Waals surface area contributed by atoms with Crippen molar-refractivity contribution >= 4 is 23.6 Å². The van der Waals surface area contributed by atoms with Crippen LogP contribution in [0.15, 0.2) is 4.99 Å². The van der Waals surface area contributed by atoms with Gasteiger partial charge in [0.25, 0.3) is 0 Å². The van der Waals surface area contributed by atoms with Crippen molar-refractivity contribution in [3.63, 3.8) is 0 Å². The van der Waals surface area contributed by atoms with E-state index in [0.29, 0.717) is 6.42 Å². The van der Waals surface area contributed by atoms with Gasteiger partial charge in [0, 0.05) is 42.8 Å². The van der Waals surface area contributed by atoms with Gasteiger partial charge in [0.15, 0.2) is 5.96 Å². The summed E-state index contributed by atoms with van der Waals surface area (Å²) in [6, 6.07) is 0. The Labute approximate surface area is 138 Å². The number of carbonyl (C=O) groups is 1. The average molecular weight is 327 g/mol. The molecule has 0 radical (unpaired) electrons. The predicted molar refractivity (Wildman–Crippen MR) is 94.4 cm³/mol. The second kappa shape index (κ2) is 7.11. The molecule has 1 spiro atoms. The highest BCUT2D eigenvalue weighted by atomic mass is 32.2. The number of rotatable bonds is 4. The zero-order valence-corrected chi connectivity index (χ0v) is 15.2. The zero-order chi connectivity index (χ0) is 16.2. The smallest absolute Gasteiger partial charge is 0.220 e. The van der Waals surface area contributed by atoms with Crippen LogP contribution in [0.25, 0.3) is 0 Å². The van der Waals surface area contributed by atoms with Crippen LogP contribution in [0.4, 0.5) is 0 Å². The third-order valence-corrected chi connectivity index (χ3v) is 5.89. The second-order valence-electron chi connectivity index (χ2n) is 7.11. The number of nitrogens with one attached hydrogen (secondary N) is 2. The lowest BCUT2D eigenvalue weighted by Gasteiger charge is -2.41. The first-order chi connectivity index (χ1) is 10.4. The highest BCUT2D eigenvalue weighted by Crippen LogP contribution is 2.36. The van der Waals surface area contributed by atoms with Gasteiger partial charge in [0.2, 0.25) is 5.91 Å². The Bertz CT molecular complexity index is 438. The van der Waals surface area contributed by atoms with Crippen molar-refractivity contribution < 1.29 is 4.79 Å². The van der Waals surface area contributed by atoms with E-state index in [0.717, 1.165) is 51.5 Å². The summed E-state index contributed by atoms with van der Waals surface area (Å²) >= 11 is 1.84. The molecule has 126 valence electrons. The third-order valence-electron chi connectivity index (χ3n) is 4.65. The number of guanidine groups is 1. The minimum Gasteiger partial charge on any atom is -0.357 e. The van der Waals surface area contributed by atoms with Gasteiger partial charge in [-0.3, -0.25) is 9.79 Å². The Morgan fingerprint density at radius 2 is 2.32 bits per heavy atom. The van der Waals surface area contributed by atoms with Gasteiger partial charge >= 0.3 is 0 Å². The monoisotopic (exact) mass is 326 g/mol. The maximum Gasteiger partial charge on any atom is 0.220 e. The molecule has 2 fully saturated rings. The molecule has 1 atom stereocenters. The summed E-state index contributed by atoms with van der Waals surface area (Å²) < 4.78 is 0.152. The van der Waals surface area contributed by atoms with Crippen molar-refractivity contribution in [3.05, 3.63) is 0 Å². The van der Waals surface area contributed by atoms with Crippen LogP contribution >= 0.6 is 11.8 Å². The zero-order valence-electron chi connectivity index (χ0n) is 14.4. The molecule has 0 aliphatic carbocycles. The van der Waals surface area contributed by atoms with E-state index < -0.39 is 0 Å². The molecule has 2 heterocycles. The Kier molecular flexibility index (Phi) is 5.64. The standard InChI is InChI=1S/C16H30N4OS/c1-5-17-14(19-10-15(2,3)22-4)20-8-6-7-16(12-20)9-13(21)18-11-16/h5-12H2,1-4H3,(H,17,19)(H,18,21). The van der Waals surface area contributed by atoms with E-state index in [9.17, 15) is 4.79 Å². The van der Waals surface area contributed by atoms with Crippen LogP contribution in [0.2, 0.25) is 0 Å². The summed E-state index contributed by atoms with van der Waals surface area (Å²) in [6.07, 6.45) is 5.07. The van der Waals surface area contributed by atoms with Gasteiger partial charge in [-0.25, -0.2) is 0 Å². The van der Waals surface area contributed by atoms with Crippen LogP contribution in [0.3, 0.4) is 0 Å². The molecule has 0 saturated carbocycles. The maximum atomic E-state index is 11.6. The number of hydrogen-bond acceptors (Lipinski definition) is 3. The molecule has 2 aliphatic rings. The molecule has 1 amide bonds. The maximum absolute atomic E-state index is 11.6. The molecule has 2 N–H and O–H groups in total. The molecule has 2 rings (SSSR count). The average Bonchev–Trinajstić information content (AvgIpc) is 2.84. The summed E-state index contributed by atoms with van der Waals surface area (Å²) in [6.45, 7) is 11.0. The second-order valence-corrected chi connectivity index (χ2v) is 8.63. The topological polar surface area (TPSA) is 56.7 Å². The minimum absolute atomic E-state index is 0.112. The van der Waals surface area contributed by atoms with E-state index in [1.54, 1.807) is 0 Å². The van der Waals surface area contributed by atoms with E-state index in [1.807, 2.05) is 11.8 Å². The largest absolute Gasteiger partial charge is 0.357 e. The number of amides is 1. The molecule has 2 aliphatic heterocycles. The van der Waals surface area contributed by atoms with Crippen LogP contribution in [0, 0.1) is 5.41 Å². The molecular weight excluding hydrogens is 296 g/mol. The van der Waals surface area contributed by atoms with Crippen molar-refractivity contribution in [2.75, 3.05) is 39.0 Å². The lowest BCUT2D eigenvalue weighted by Crippen LogP contribution is -2.51. The lowest BCUT2D eigenvalue weighted by molar-refractivity contribution is -0.119. The van der Waals surface area contributed by atoms with E-state index >= 15 is 0 Å². The van der Waals surface area contributed by atoms with Crippen LogP contribution in [0.5, 0.6) is 0 Å².